The van der Waals surface area contributed by atoms with Crippen LogP contribution in [0.1, 0.15) is 68.7 Å². The number of amides is 1. The van der Waals surface area contributed by atoms with Crippen LogP contribution in [0, 0.1) is 12.7 Å². The number of piperidine rings is 2. The summed E-state index contributed by atoms with van der Waals surface area (Å²) in [6.07, 6.45) is -2.06. The minimum absolute atomic E-state index is 0.0693. The van der Waals surface area contributed by atoms with Gasteiger partial charge < -0.3 is 38.5 Å². The summed E-state index contributed by atoms with van der Waals surface area (Å²) in [6, 6.07) is 16.9. The third-order valence-electron chi connectivity index (χ3n) is 12.5. The number of aryl methyl sites for hydroxylation is 1. The van der Waals surface area contributed by atoms with E-state index in [2.05, 4.69) is 14.9 Å². The van der Waals surface area contributed by atoms with Gasteiger partial charge in [-0.3, -0.25) is 0 Å². The number of carbonyl (C=O) groups excluding carboxylic acids is 1. The van der Waals surface area contributed by atoms with E-state index in [0.717, 1.165) is 36.9 Å². The highest BCUT2D eigenvalue weighted by Gasteiger charge is 2.44. The Morgan fingerprint density at radius 3 is 2.05 bits per heavy atom. The SMILES string of the molecule is COc1ccc(CN(Cc2ccc(OC)cc2)c2cc(C)c(C(F)(F)F)c(-c3c(Cl)cc4c(N5CC6CCC5CN6C(=O)OC(C)(C)C)nc(OC[C@@H]5CCCN5C)nc4c3F)n2)cc1. The average molecular weight is 920 g/mol. The van der Waals surface area contributed by atoms with E-state index >= 15 is 17.6 Å². The van der Waals surface area contributed by atoms with Gasteiger partial charge in [0.2, 0.25) is 0 Å². The number of likely N-dealkylation sites (tertiary alicyclic amines) is 1. The number of fused-ring (bicyclic) bond motifs is 4. The zero-order chi connectivity index (χ0) is 46.4. The Bertz CT molecular complexity index is 2490. The molecular weight excluding hydrogens is 866 g/mol. The van der Waals surface area contributed by atoms with Crippen LogP contribution in [-0.2, 0) is 24.0 Å². The van der Waals surface area contributed by atoms with Gasteiger partial charge in [0.25, 0.3) is 0 Å². The number of alkyl halides is 3. The third kappa shape index (κ3) is 9.84. The normalized spacial score (nSPS) is 18.9. The number of carbonyl (C=O) groups is 1. The van der Waals surface area contributed by atoms with Crippen LogP contribution in [0.25, 0.3) is 22.2 Å². The van der Waals surface area contributed by atoms with Gasteiger partial charge >= 0.3 is 18.3 Å². The number of halogens is 5. The first kappa shape index (κ1) is 45.9. The topological polar surface area (TPSA) is 106 Å². The van der Waals surface area contributed by atoms with Crippen LogP contribution in [-0.4, -0.2) is 102 Å². The Hall–Kier alpha value is -5.61. The van der Waals surface area contributed by atoms with Crippen molar-refractivity contribution in [3.8, 4) is 28.8 Å². The largest absolute Gasteiger partial charge is 0.497 e. The molecule has 0 aliphatic carbocycles. The molecule has 346 valence electrons. The highest BCUT2D eigenvalue weighted by molar-refractivity contribution is 6.34. The molecule has 3 atom stereocenters. The molecule has 2 bridgehead atoms. The molecule has 3 aromatic carbocycles. The molecular formula is C48H54ClF4N7O5. The summed E-state index contributed by atoms with van der Waals surface area (Å²) in [5.74, 6) is 0.673. The molecule has 5 aromatic rings. The van der Waals surface area contributed by atoms with Gasteiger partial charge in [0.15, 0.2) is 5.82 Å². The van der Waals surface area contributed by atoms with Gasteiger partial charge in [0.1, 0.15) is 40.9 Å². The standard InChI is InChI=1S/C48H54ClF4N7O5/c1-28-21-38(58(23-29-10-16-34(62-6)17-11-29)24-30-12-18-35(63-7)19-13-30)54-43(40(28)48(51,52)53)39-37(49)22-36-42(41(39)50)55-45(64-27-33-9-8-20-57(33)5)56-44(36)59-25-32-15-14-31(59)26-60(32)46(61)65-47(2,3)4/h10-13,16-19,21-22,31-33H,8-9,14-15,20,23-27H2,1-7H3/t31?,32?,33-/m0/s1. The van der Waals surface area contributed by atoms with Crippen LogP contribution >= 0.6 is 11.6 Å². The Morgan fingerprint density at radius 2 is 1.51 bits per heavy atom. The molecule has 4 aliphatic rings. The van der Waals surface area contributed by atoms with Crippen molar-refractivity contribution in [2.24, 2.45) is 0 Å². The van der Waals surface area contributed by atoms with Crippen molar-refractivity contribution in [3.63, 3.8) is 0 Å². The van der Waals surface area contributed by atoms with E-state index < -0.39 is 40.5 Å². The number of ether oxygens (including phenoxy) is 4. The molecule has 9 rings (SSSR count). The van der Waals surface area contributed by atoms with E-state index in [-0.39, 0.29) is 71.1 Å². The lowest BCUT2D eigenvalue weighted by atomic mass is 9.90. The number of methoxy groups -OCH3 is 2. The molecule has 17 heteroatoms. The van der Waals surface area contributed by atoms with E-state index in [0.29, 0.717) is 36.8 Å². The molecule has 0 N–H and O–H groups in total. The maximum atomic E-state index is 17.8. The van der Waals surface area contributed by atoms with E-state index in [1.165, 1.54) is 19.1 Å². The number of rotatable bonds is 12. The van der Waals surface area contributed by atoms with Crippen molar-refractivity contribution in [1.82, 2.24) is 24.8 Å². The van der Waals surface area contributed by atoms with Gasteiger partial charge in [0.05, 0.1) is 42.1 Å². The lowest BCUT2D eigenvalue weighted by molar-refractivity contribution is -0.137. The summed E-state index contributed by atoms with van der Waals surface area (Å²) in [5.41, 5.74) is -1.81. The minimum atomic E-state index is -4.95. The molecule has 0 saturated carbocycles. The van der Waals surface area contributed by atoms with Crippen molar-refractivity contribution < 1.29 is 41.3 Å². The lowest BCUT2D eigenvalue weighted by Gasteiger charge is -2.51. The van der Waals surface area contributed by atoms with Gasteiger partial charge in [0, 0.05) is 43.6 Å². The van der Waals surface area contributed by atoms with Gasteiger partial charge in [-0.2, -0.15) is 23.1 Å². The van der Waals surface area contributed by atoms with Crippen molar-refractivity contribution in [2.45, 2.75) is 96.4 Å². The summed E-state index contributed by atoms with van der Waals surface area (Å²) >= 11 is 7.02. The Morgan fingerprint density at radius 1 is 0.877 bits per heavy atom. The summed E-state index contributed by atoms with van der Waals surface area (Å²) in [6.45, 7) is 9.04. The van der Waals surface area contributed by atoms with E-state index in [1.54, 1.807) is 43.4 Å². The average Bonchev–Trinajstić information content (AvgIpc) is 3.68. The first-order valence-electron chi connectivity index (χ1n) is 21.8. The first-order chi connectivity index (χ1) is 30.9. The van der Waals surface area contributed by atoms with Gasteiger partial charge in [-0.05, 0) is 120 Å². The number of hydrogen-bond donors (Lipinski definition) is 0. The number of pyridine rings is 1. The minimum Gasteiger partial charge on any atom is -0.497 e. The molecule has 0 spiro atoms. The molecule has 6 heterocycles. The number of piperazine rings is 1. The van der Waals surface area contributed by atoms with Crippen LogP contribution in [0.3, 0.4) is 0 Å². The smallest absolute Gasteiger partial charge is 0.418 e. The van der Waals surface area contributed by atoms with E-state index in [4.69, 9.17) is 35.5 Å². The van der Waals surface area contributed by atoms with Crippen molar-refractivity contribution in [3.05, 3.63) is 93.8 Å². The van der Waals surface area contributed by atoms with Crippen LogP contribution in [0.4, 0.5) is 34.0 Å². The molecule has 4 fully saturated rings. The molecule has 2 unspecified atom stereocenters. The van der Waals surface area contributed by atoms with Gasteiger partial charge in [-0.1, -0.05) is 35.9 Å². The maximum Gasteiger partial charge on any atom is 0.418 e. The van der Waals surface area contributed by atoms with E-state index in [9.17, 15) is 4.79 Å². The maximum absolute atomic E-state index is 17.8. The zero-order valence-electron chi connectivity index (χ0n) is 37.6. The summed E-state index contributed by atoms with van der Waals surface area (Å²) in [7, 11) is 5.12. The molecule has 2 aromatic heterocycles. The number of benzene rings is 3. The number of aromatic nitrogens is 3. The monoisotopic (exact) mass is 919 g/mol. The summed E-state index contributed by atoms with van der Waals surface area (Å²) in [5, 5.41) is -0.106. The van der Waals surface area contributed by atoms with Crippen LogP contribution in [0.5, 0.6) is 17.5 Å². The number of hydrogen-bond acceptors (Lipinski definition) is 11. The van der Waals surface area contributed by atoms with Crippen LogP contribution < -0.4 is 24.0 Å². The van der Waals surface area contributed by atoms with Crippen molar-refractivity contribution in [1.29, 1.82) is 0 Å². The van der Waals surface area contributed by atoms with Gasteiger partial charge in [-0.15, -0.1) is 0 Å². The predicted octanol–water partition coefficient (Wildman–Crippen LogP) is 10.1. The fourth-order valence-electron chi connectivity index (χ4n) is 9.13. The molecule has 4 saturated heterocycles. The Balaban J connectivity index is 1.26. The number of likely N-dealkylation sites (N-methyl/N-ethyl adjacent to an activating group) is 1. The Labute approximate surface area is 381 Å². The Kier molecular flexibility index (Phi) is 13.0. The fourth-order valence-corrected chi connectivity index (χ4v) is 9.41. The van der Waals surface area contributed by atoms with Crippen molar-refractivity contribution >= 4 is 40.2 Å². The molecule has 65 heavy (non-hydrogen) atoms. The molecule has 4 aliphatic heterocycles. The van der Waals surface area contributed by atoms with E-state index in [1.807, 2.05) is 61.9 Å². The summed E-state index contributed by atoms with van der Waals surface area (Å²) in [4.78, 5) is 35.1. The van der Waals surface area contributed by atoms with Gasteiger partial charge in [-0.25, -0.2) is 14.2 Å². The number of anilines is 2. The highest BCUT2D eigenvalue weighted by atomic mass is 35.5. The third-order valence-corrected chi connectivity index (χ3v) is 12.8. The fraction of sp³-hybridized carbons (Fsp3) is 0.458. The second-order valence-electron chi connectivity index (χ2n) is 18.1. The first-order valence-corrected chi connectivity index (χ1v) is 22.2. The second-order valence-corrected chi connectivity index (χ2v) is 18.5. The highest BCUT2D eigenvalue weighted by Crippen LogP contribution is 2.46. The quantitative estimate of drug-likeness (QED) is 0.112. The lowest BCUT2D eigenvalue weighted by Crippen LogP contribution is -2.64. The predicted molar refractivity (Wildman–Crippen MR) is 242 cm³/mol. The molecule has 0 radical (unpaired) electrons. The molecule has 1 amide bonds. The van der Waals surface area contributed by atoms with Crippen molar-refractivity contribution in [2.75, 3.05) is 57.3 Å². The zero-order valence-corrected chi connectivity index (χ0v) is 38.4. The van der Waals surface area contributed by atoms with Crippen LogP contribution in [0.2, 0.25) is 5.02 Å². The number of nitrogens with zero attached hydrogens (tertiary/aromatic N) is 7. The summed E-state index contributed by atoms with van der Waals surface area (Å²) < 4.78 is 86.4. The van der Waals surface area contributed by atoms with Crippen LogP contribution in [0.15, 0.2) is 60.7 Å². The second kappa shape index (κ2) is 18.3. The molecule has 12 nitrogen and oxygen atoms in total.